The Balaban J connectivity index is 2.00. The molecule has 0 saturated carbocycles. The number of nitrogens with zero attached hydrogens (tertiary/aromatic N) is 3. The number of halogens is 1. The third-order valence-corrected chi connectivity index (χ3v) is 3.46. The van der Waals surface area contributed by atoms with Crippen LogP contribution in [0, 0.1) is 17.1 Å². The maximum absolute atomic E-state index is 13.7. The Hall–Kier alpha value is -2.19. The van der Waals surface area contributed by atoms with E-state index in [1.165, 1.54) is 12.1 Å². The molecule has 0 amide bonds. The number of hydrogen-bond donors (Lipinski definition) is 1. The highest BCUT2D eigenvalue weighted by Crippen LogP contribution is 2.13. The molecule has 1 aromatic heterocycles. The van der Waals surface area contributed by atoms with Gasteiger partial charge in [-0.2, -0.15) is 10.4 Å². The van der Waals surface area contributed by atoms with Gasteiger partial charge in [-0.15, -0.1) is 0 Å². The molecule has 0 fully saturated rings. The first kappa shape index (κ1) is 14.2. The Bertz CT molecular complexity index is 601. The van der Waals surface area contributed by atoms with Gasteiger partial charge in [0.2, 0.25) is 0 Å². The molecule has 1 N–H and O–H groups in total. The number of benzene rings is 1. The number of rotatable bonds is 5. The van der Waals surface area contributed by atoms with E-state index < -0.39 is 0 Å². The Kier molecular flexibility index (Phi) is 4.49. The van der Waals surface area contributed by atoms with Gasteiger partial charge in [0.05, 0.1) is 17.7 Å². The van der Waals surface area contributed by atoms with Gasteiger partial charge in [-0.25, -0.2) is 4.39 Å². The van der Waals surface area contributed by atoms with Crippen LogP contribution in [0.5, 0.6) is 0 Å². The maximum atomic E-state index is 13.7. The Morgan fingerprint density at radius 3 is 2.90 bits per heavy atom. The molecular formula is C15H17FN4. The summed E-state index contributed by atoms with van der Waals surface area (Å²) >= 11 is 0. The van der Waals surface area contributed by atoms with Crippen LogP contribution in [-0.2, 0) is 6.54 Å². The van der Waals surface area contributed by atoms with Crippen molar-refractivity contribution in [2.75, 3.05) is 0 Å². The highest BCUT2D eigenvalue weighted by atomic mass is 19.1. The number of hydrogen-bond acceptors (Lipinski definition) is 3. The lowest BCUT2D eigenvalue weighted by Crippen LogP contribution is -2.33. The Labute approximate surface area is 117 Å². The van der Waals surface area contributed by atoms with Crippen LogP contribution >= 0.6 is 0 Å². The van der Waals surface area contributed by atoms with Gasteiger partial charge < -0.3 is 5.32 Å². The predicted molar refractivity (Wildman–Crippen MR) is 74.4 cm³/mol. The van der Waals surface area contributed by atoms with E-state index in [0.29, 0.717) is 17.7 Å². The van der Waals surface area contributed by atoms with Crippen LogP contribution in [0.3, 0.4) is 0 Å². The molecule has 1 heterocycles. The van der Waals surface area contributed by atoms with E-state index in [0.717, 1.165) is 0 Å². The van der Waals surface area contributed by atoms with Crippen LogP contribution in [0.4, 0.5) is 4.39 Å². The summed E-state index contributed by atoms with van der Waals surface area (Å²) in [7, 11) is 0. The van der Waals surface area contributed by atoms with Crippen LogP contribution in [0.2, 0.25) is 0 Å². The molecule has 2 unspecified atom stereocenters. The van der Waals surface area contributed by atoms with E-state index in [2.05, 4.69) is 10.4 Å². The highest BCUT2D eigenvalue weighted by molar-refractivity contribution is 5.33. The lowest BCUT2D eigenvalue weighted by atomic mass is 10.1. The molecule has 104 valence electrons. The lowest BCUT2D eigenvalue weighted by Gasteiger charge is -2.22. The summed E-state index contributed by atoms with van der Waals surface area (Å²) in [5, 5.41) is 16.3. The van der Waals surface area contributed by atoms with E-state index in [-0.39, 0.29) is 17.9 Å². The third kappa shape index (κ3) is 3.22. The van der Waals surface area contributed by atoms with E-state index in [1.54, 1.807) is 12.3 Å². The normalized spacial score (nSPS) is 13.7. The van der Waals surface area contributed by atoms with Crippen LogP contribution < -0.4 is 5.32 Å². The lowest BCUT2D eigenvalue weighted by molar-refractivity contribution is 0.363. The average Bonchev–Trinajstić information content (AvgIpc) is 2.99. The maximum Gasteiger partial charge on any atom is 0.127 e. The van der Waals surface area contributed by atoms with Gasteiger partial charge in [0.1, 0.15) is 5.82 Å². The van der Waals surface area contributed by atoms with Crippen LogP contribution in [0.15, 0.2) is 36.7 Å². The van der Waals surface area contributed by atoms with Gasteiger partial charge in [0.15, 0.2) is 0 Å². The fraction of sp³-hybridized carbons (Fsp3) is 0.333. The minimum absolute atomic E-state index is 0.125. The topological polar surface area (TPSA) is 53.6 Å². The monoisotopic (exact) mass is 272 g/mol. The first-order valence-electron chi connectivity index (χ1n) is 6.53. The molecule has 0 aliphatic rings. The fourth-order valence-electron chi connectivity index (χ4n) is 1.97. The molecular weight excluding hydrogens is 255 g/mol. The van der Waals surface area contributed by atoms with Crippen molar-refractivity contribution in [3.63, 3.8) is 0 Å². The second kappa shape index (κ2) is 6.31. The minimum Gasteiger partial charge on any atom is -0.308 e. The van der Waals surface area contributed by atoms with Crippen molar-refractivity contribution in [3.8, 4) is 6.07 Å². The van der Waals surface area contributed by atoms with Crippen molar-refractivity contribution >= 4 is 0 Å². The van der Waals surface area contributed by atoms with Gasteiger partial charge in [-0.1, -0.05) is 0 Å². The summed E-state index contributed by atoms with van der Waals surface area (Å²) in [5.74, 6) is -0.296. The summed E-state index contributed by atoms with van der Waals surface area (Å²) < 4.78 is 15.5. The Morgan fingerprint density at radius 2 is 2.25 bits per heavy atom. The van der Waals surface area contributed by atoms with Gasteiger partial charge in [-0.05, 0) is 38.1 Å². The molecule has 0 aliphatic heterocycles. The third-order valence-electron chi connectivity index (χ3n) is 3.46. The van der Waals surface area contributed by atoms with Gasteiger partial charge in [0, 0.05) is 30.5 Å². The van der Waals surface area contributed by atoms with Crippen molar-refractivity contribution in [1.29, 1.82) is 5.26 Å². The standard InChI is InChI=1S/C15H17FN4/c1-11(12(2)20-7-3-6-19-20)18-10-14-8-13(9-17)4-5-15(14)16/h3-8,11-12,18H,10H2,1-2H3. The number of nitrogens with one attached hydrogen (secondary N) is 1. The molecule has 2 atom stereocenters. The second-order valence-electron chi connectivity index (χ2n) is 4.81. The first-order valence-corrected chi connectivity index (χ1v) is 6.53. The largest absolute Gasteiger partial charge is 0.308 e. The zero-order valence-electron chi connectivity index (χ0n) is 11.5. The zero-order chi connectivity index (χ0) is 14.5. The molecule has 4 nitrogen and oxygen atoms in total. The summed E-state index contributed by atoms with van der Waals surface area (Å²) in [5.41, 5.74) is 0.972. The van der Waals surface area contributed by atoms with E-state index >= 15 is 0 Å². The van der Waals surface area contributed by atoms with E-state index in [9.17, 15) is 4.39 Å². The summed E-state index contributed by atoms with van der Waals surface area (Å²) in [6.45, 7) is 4.46. The van der Waals surface area contributed by atoms with Gasteiger partial charge in [0.25, 0.3) is 0 Å². The molecule has 0 aliphatic carbocycles. The average molecular weight is 272 g/mol. The van der Waals surface area contributed by atoms with Crippen molar-refractivity contribution in [2.24, 2.45) is 0 Å². The number of aromatic nitrogens is 2. The minimum atomic E-state index is -0.296. The predicted octanol–water partition coefficient (Wildman–Crippen LogP) is 2.63. The summed E-state index contributed by atoms with van der Waals surface area (Å²) in [4.78, 5) is 0. The summed E-state index contributed by atoms with van der Waals surface area (Å²) in [6.07, 6.45) is 3.64. The summed E-state index contributed by atoms with van der Waals surface area (Å²) in [6, 6.07) is 8.57. The zero-order valence-corrected chi connectivity index (χ0v) is 11.5. The molecule has 2 aromatic rings. The van der Waals surface area contributed by atoms with Crippen molar-refractivity contribution < 1.29 is 4.39 Å². The highest BCUT2D eigenvalue weighted by Gasteiger charge is 2.14. The number of nitriles is 1. The molecule has 0 bridgehead atoms. The molecule has 1 aromatic carbocycles. The first-order chi connectivity index (χ1) is 9.61. The molecule has 0 radical (unpaired) electrons. The van der Waals surface area contributed by atoms with Gasteiger partial charge in [-0.3, -0.25) is 4.68 Å². The SMILES string of the molecule is CC(NCc1cc(C#N)ccc1F)C(C)n1cccn1. The smallest absolute Gasteiger partial charge is 0.127 e. The van der Waals surface area contributed by atoms with Crippen molar-refractivity contribution in [1.82, 2.24) is 15.1 Å². The van der Waals surface area contributed by atoms with E-state index in [4.69, 9.17) is 5.26 Å². The molecule has 5 heteroatoms. The quantitative estimate of drug-likeness (QED) is 0.910. The second-order valence-corrected chi connectivity index (χ2v) is 4.81. The Morgan fingerprint density at radius 1 is 1.45 bits per heavy atom. The van der Waals surface area contributed by atoms with E-state index in [1.807, 2.05) is 36.9 Å². The van der Waals surface area contributed by atoms with Crippen LogP contribution in [0.25, 0.3) is 0 Å². The van der Waals surface area contributed by atoms with Crippen molar-refractivity contribution in [2.45, 2.75) is 32.5 Å². The fourth-order valence-corrected chi connectivity index (χ4v) is 1.97. The molecule has 20 heavy (non-hydrogen) atoms. The molecule has 2 rings (SSSR count). The van der Waals surface area contributed by atoms with Crippen LogP contribution in [-0.4, -0.2) is 15.8 Å². The van der Waals surface area contributed by atoms with Gasteiger partial charge >= 0.3 is 0 Å². The van der Waals surface area contributed by atoms with Crippen LogP contribution in [0.1, 0.15) is 31.0 Å². The molecule has 0 spiro atoms. The van der Waals surface area contributed by atoms with Crippen molar-refractivity contribution in [3.05, 3.63) is 53.6 Å². The molecule has 0 saturated heterocycles.